The molecule has 0 aromatic rings. The monoisotopic (exact) mass is 183 g/mol. The summed E-state index contributed by atoms with van der Waals surface area (Å²) in [6.45, 7) is 7.82. The number of nitrogens with two attached hydrogens (primary N) is 1. The first-order chi connectivity index (χ1) is 6.04. The summed E-state index contributed by atoms with van der Waals surface area (Å²) in [6.07, 6.45) is 7.16. The minimum Gasteiger partial charge on any atom is -0.330 e. The van der Waals surface area contributed by atoms with Crippen molar-refractivity contribution < 1.29 is 0 Å². The van der Waals surface area contributed by atoms with Crippen LogP contribution in [0.1, 0.15) is 52.9 Å². The van der Waals surface area contributed by atoms with Crippen LogP contribution in [-0.4, -0.2) is 6.54 Å². The molecule has 0 aromatic heterocycles. The van der Waals surface area contributed by atoms with Crippen LogP contribution in [0.4, 0.5) is 0 Å². The van der Waals surface area contributed by atoms with Gasteiger partial charge in [0.25, 0.3) is 0 Å². The molecule has 2 N–H and O–H groups in total. The highest BCUT2D eigenvalue weighted by atomic mass is 14.6. The van der Waals surface area contributed by atoms with Gasteiger partial charge in [0, 0.05) is 0 Å². The van der Waals surface area contributed by atoms with Crippen LogP contribution in [0.2, 0.25) is 0 Å². The van der Waals surface area contributed by atoms with E-state index in [2.05, 4.69) is 20.8 Å². The summed E-state index contributed by atoms with van der Waals surface area (Å²) in [5, 5.41) is 0. The zero-order chi connectivity index (χ0) is 9.90. The van der Waals surface area contributed by atoms with Crippen molar-refractivity contribution in [2.24, 2.45) is 23.0 Å². The Bertz CT molecular complexity index is 140. The van der Waals surface area contributed by atoms with Gasteiger partial charge < -0.3 is 5.73 Å². The Balaban J connectivity index is 2.39. The van der Waals surface area contributed by atoms with Crippen LogP contribution in [-0.2, 0) is 0 Å². The fourth-order valence-electron chi connectivity index (χ4n) is 2.45. The molecule has 1 aliphatic carbocycles. The van der Waals surface area contributed by atoms with Gasteiger partial charge in [-0.25, -0.2) is 0 Å². The van der Waals surface area contributed by atoms with Crippen LogP contribution >= 0.6 is 0 Å². The van der Waals surface area contributed by atoms with Crippen molar-refractivity contribution in [1.82, 2.24) is 0 Å². The molecule has 1 fully saturated rings. The molecule has 1 rings (SSSR count). The van der Waals surface area contributed by atoms with E-state index in [9.17, 15) is 0 Å². The molecule has 0 heterocycles. The van der Waals surface area contributed by atoms with Crippen molar-refractivity contribution in [3.05, 3.63) is 0 Å². The van der Waals surface area contributed by atoms with Crippen molar-refractivity contribution in [2.45, 2.75) is 52.9 Å². The molecule has 1 aliphatic rings. The van der Waals surface area contributed by atoms with E-state index in [0.717, 1.165) is 18.4 Å². The van der Waals surface area contributed by atoms with Gasteiger partial charge in [-0.2, -0.15) is 0 Å². The third kappa shape index (κ3) is 3.30. The van der Waals surface area contributed by atoms with Gasteiger partial charge in [-0.3, -0.25) is 0 Å². The minimum atomic E-state index is 0.400. The van der Waals surface area contributed by atoms with Gasteiger partial charge in [-0.15, -0.1) is 0 Å². The molecule has 0 saturated heterocycles. The van der Waals surface area contributed by atoms with E-state index in [-0.39, 0.29) is 0 Å². The lowest BCUT2D eigenvalue weighted by molar-refractivity contribution is 0.202. The second kappa shape index (κ2) is 4.45. The molecule has 0 amide bonds. The van der Waals surface area contributed by atoms with E-state index in [1.54, 1.807) is 0 Å². The van der Waals surface area contributed by atoms with Gasteiger partial charge in [0.15, 0.2) is 0 Å². The number of rotatable bonds is 3. The maximum atomic E-state index is 5.84. The van der Waals surface area contributed by atoms with Gasteiger partial charge in [0.05, 0.1) is 0 Å². The molecule has 78 valence electrons. The highest BCUT2D eigenvalue weighted by Crippen LogP contribution is 2.36. The highest BCUT2D eigenvalue weighted by Gasteiger charge is 2.27. The molecule has 1 saturated carbocycles. The molecular formula is C12H25N. The number of hydrogen-bond acceptors (Lipinski definition) is 1. The zero-order valence-corrected chi connectivity index (χ0v) is 9.47. The summed E-state index contributed by atoms with van der Waals surface area (Å²) in [4.78, 5) is 0. The average molecular weight is 183 g/mol. The van der Waals surface area contributed by atoms with Crippen molar-refractivity contribution in [1.29, 1.82) is 0 Å². The normalized spacial score (nSPS) is 22.2. The largest absolute Gasteiger partial charge is 0.330 e. The molecular weight excluding hydrogens is 158 g/mol. The molecule has 13 heavy (non-hydrogen) atoms. The average Bonchev–Trinajstić information content (AvgIpc) is 2.49. The molecule has 0 aliphatic heterocycles. The summed E-state index contributed by atoms with van der Waals surface area (Å²) in [5.74, 6) is 1.70. The minimum absolute atomic E-state index is 0.400. The highest BCUT2D eigenvalue weighted by molar-refractivity contribution is 4.79. The van der Waals surface area contributed by atoms with E-state index in [0.29, 0.717) is 5.41 Å². The topological polar surface area (TPSA) is 26.0 Å². The molecule has 1 atom stereocenters. The predicted octanol–water partition coefficient (Wildman–Crippen LogP) is 3.19. The van der Waals surface area contributed by atoms with E-state index in [1.165, 1.54) is 32.1 Å². The van der Waals surface area contributed by atoms with Crippen LogP contribution in [0.25, 0.3) is 0 Å². The number of hydrogen-bond donors (Lipinski definition) is 1. The van der Waals surface area contributed by atoms with E-state index < -0.39 is 0 Å². The van der Waals surface area contributed by atoms with Gasteiger partial charge in [0.2, 0.25) is 0 Å². The SMILES string of the molecule is CC(C)(C)C(CN)CC1CCCC1. The second-order valence-corrected chi connectivity index (χ2v) is 5.68. The van der Waals surface area contributed by atoms with E-state index in [4.69, 9.17) is 5.73 Å². The Morgan fingerprint density at radius 1 is 1.23 bits per heavy atom. The lowest BCUT2D eigenvalue weighted by atomic mass is 9.75. The van der Waals surface area contributed by atoms with Crippen LogP contribution in [0.5, 0.6) is 0 Å². The first-order valence-corrected chi connectivity index (χ1v) is 5.74. The van der Waals surface area contributed by atoms with Gasteiger partial charge in [-0.1, -0.05) is 46.5 Å². The fourth-order valence-corrected chi connectivity index (χ4v) is 2.45. The third-order valence-electron chi connectivity index (χ3n) is 3.60. The molecule has 0 aromatic carbocycles. The fraction of sp³-hybridized carbons (Fsp3) is 1.00. The van der Waals surface area contributed by atoms with Crippen molar-refractivity contribution in [3.63, 3.8) is 0 Å². The standard InChI is InChI=1S/C12H25N/c1-12(2,3)11(9-13)8-10-6-4-5-7-10/h10-11H,4-9,13H2,1-3H3. The van der Waals surface area contributed by atoms with Crippen LogP contribution in [0.3, 0.4) is 0 Å². The molecule has 0 bridgehead atoms. The second-order valence-electron chi connectivity index (χ2n) is 5.68. The third-order valence-corrected chi connectivity index (χ3v) is 3.60. The zero-order valence-electron chi connectivity index (χ0n) is 9.47. The van der Waals surface area contributed by atoms with Crippen molar-refractivity contribution >= 4 is 0 Å². The molecule has 1 unspecified atom stereocenters. The van der Waals surface area contributed by atoms with Crippen molar-refractivity contribution in [2.75, 3.05) is 6.54 Å². The Morgan fingerprint density at radius 3 is 2.15 bits per heavy atom. The lowest BCUT2D eigenvalue weighted by Gasteiger charge is -2.31. The summed E-state index contributed by atoms with van der Waals surface area (Å²) in [5.41, 5.74) is 6.24. The summed E-state index contributed by atoms with van der Waals surface area (Å²) >= 11 is 0. The van der Waals surface area contributed by atoms with E-state index >= 15 is 0 Å². The summed E-state index contributed by atoms with van der Waals surface area (Å²) in [7, 11) is 0. The lowest BCUT2D eigenvalue weighted by Crippen LogP contribution is -2.29. The van der Waals surface area contributed by atoms with Crippen molar-refractivity contribution in [3.8, 4) is 0 Å². The molecule has 0 spiro atoms. The van der Waals surface area contributed by atoms with Crippen LogP contribution in [0.15, 0.2) is 0 Å². The predicted molar refractivity (Wildman–Crippen MR) is 58.6 cm³/mol. The van der Waals surface area contributed by atoms with Gasteiger partial charge in [0.1, 0.15) is 0 Å². The summed E-state index contributed by atoms with van der Waals surface area (Å²) < 4.78 is 0. The van der Waals surface area contributed by atoms with Gasteiger partial charge >= 0.3 is 0 Å². The smallest absolute Gasteiger partial charge is 0.00438 e. The van der Waals surface area contributed by atoms with Crippen LogP contribution in [0, 0.1) is 17.3 Å². The maximum Gasteiger partial charge on any atom is -0.00438 e. The Labute approximate surface area is 83.1 Å². The Hall–Kier alpha value is -0.0400. The molecule has 1 nitrogen and oxygen atoms in total. The quantitative estimate of drug-likeness (QED) is 0.714. The van der Waals surface area contributed by atoms with E-state index in [1.807, 2.05) is 0 Å². The Kier molecular flexibility index (Phi) is 3.78. The molecule has 1 heteroatoms. The van der Waals surface area contributed by atoms with Gasteiger partial charge in [-0.05, 0) is 30.2 Å². The molecule has 0 radical (unpaired) electrons. The first kappa shape index (κ1) is 11.0. The maximum absolute atomic E-state index is 5.84. The van der Waals surface area contributed by atoms with Crippen LogP contribution < -0.4 is 5.73 Å². The Morgan fingerprint density at radius 2 is 1.77 bits per heavy atom. The summed E-state index contributed by atoms with van der Waals surface area (Å²) in [6, 6.07) is 0. The first-order valence-electron chi connectivity index (χ1n) is 5.74.